The predicted octanol–water partition coefficient (Wildman–Crippen LogP) is 7.48. The van der Waals surface area contributed by atoms with E-state index in [4.69, 9.17) is 0 Å². The SMILES string of the molecule is CCCC1CCC2c3cc(F)c(-c4ccc(OC(F)F)cc4)c(F)c3CCC2C1. The van der Waals surface area contributed by atoms with Gasteiger partial charge in [0.25, 0.3) is 0 Å². The second-order valence-electron chi connectivity index (χ2n) is 8.39. The Morgan fingerprint density at radius 2 is 1.83 bits per heavy atom. The third-order valence-corrected chi connectivity index (χ3v) is 6.67. The molecule has 1 saturated carbocycles. The van der Waals surface area contributed by atoms with Crippen molar-refractivity contribution in [3.05, 3.63) is 53.1 Å². The van der Waals surface area contributed by atoms with Gasteiger partial charge in [0, 0.05) is 0 Å². The van der Waals surface area contributed by atoms with Gasteiger partial charge in [-0.05, 0) is 84.7 Å². The fraction of sp³-hybridized carbons (Fsp3) is 0.500. The first-order chi connectivity index (χ1) is 14.0. The van der Waals surface area contributed by atoms with Gasteiger partial charge in [0.05, 0.1) is 5.56 Å². The standard InChI is InChI=1S/C24H26F4O/c1-2-3-14-4-10-18-16(12-14)7-11-19-20(18)13-21(25)22(23(19)26)15-5-8-17(9-6-15)29-24(27)28/h5-6,8-9,13-14,16,18,24H,2-4,7,10-12H2,1H3. The van der Waals surface area contributed by atoms with Crippen LogP contribution in [0.4, 0.5) is 17.6 Å². The number of fused-ring (bicyclic) bond motifs is 3. The van der Waals surface area contributed by atoms with Gasteiger partial charge in [0.15, 0.2) is 0 Å². The fourth-order valence-corrected chi connectivity index (χ4v) is 5.42. The molecule has 0 bridgehead atoms. The van der Waals surface area contributed by atoms with Gasteiger partial charge in [0.1, 0.15) is 17.4 Å². The molecule has 1 fully saturated rings. The summed E-state index contributed by atoms with van der Waals surface area (Å²) in [5.74, 6) is 0.381. The third-order valence-electron chi connectivity index (χ3n) is 6.67. The maximum absolute atomic E-state index is 15.4. The first-order valence-electron chi connectivity index (χ1n) is 10.5. The molecule has 3 atom stereocenters. The zero-order valence-corrected chi connectivity index (χ0v) is 16.6. The Kier molecular flexibility index (Phi) is 5.84. The van der Waals surface area contributed by atoms with E-state index in [1.165, 1.54) is 43.2 Å². The molecule has 0 saturated heterocycles. The van der Waals surface area contributed by atoms with Gasteiger partial charge in [0.2, 0.25) is 0 Å². The molecular formula is C24H26F4O. The molecule has 0 heterocycles. The average molecular weight is 406 g/mol. The van der Waals surface area contributed by atoms with Gasteiger partial charge in [-0.15, -0.1) is 0 Å². The van der Waals surface area contributed by atoms with Crippen LogP contribution in [0.5, 0.6) is 5.75 Å². The van der Waals surface area contributed by atoms with Crippen molar-refractivity contribution in [3.8, 4) is 16.9 Å². The Bertz CT molecular complexity index is 862. The lowest BCUT2D eigenvalue weighted by Crippen LogP contribution is -2.29. The zero-order chi connectivity index (χ0) is 20.5. The maximum atomic E-state index is 15.4. The summed E-state index contributed by atoms with van der Waals surface area (Å²) >= 11 is 0. The molecule has 1 nitrogen and oxygen atoms in total. The van der Waals surface area contributed by atoms with Gasteiger partial charge < -0.3 is 4.74 Å². The predicted molar refractivity (Wildman–Crippen MR) is 105 cm³/mol. The lowest BCUT2D eigenvalue weighted by Gasteiger charge is -2.41. The number of hydrogen-bond donors (Lipinski definition) is 0. The molecule has 0 radical (unpaired) electrons. The van der Waals surface area contributed by atoms with Crippen LogP contribution in [0, 0.1) is 23.5 Å². The van der Waals surface area contributed by atoms with E-state index in [1.807, 2.05) is 0 Å². The minimum absolute atomic E-state index is 0.0331. The number of benzene rings is 2. The molecule has 156 valence electrons. The lowest BCUT2D eigenvalue weighted by atomic mass is 9.64. The van der Waals surface area contributed by atoms with Crippen molar-refractivity contribution in [3.63, 3.8) is 0 Å². The highest BCUT2D eigenvalue weighted by Gasteiger charge is 2.37. The van der Waals surface area contributed by atoms with E-state index in [-0.39, 0.29) is 17.2 Å². The third kappa shape index (κ3) is 4.01. The van der Waals surface area contributed by atoms with Crippen LogP contribution in [0.3, 0.4) is 0 Å². The smallest absolute Gasteiger partial charge is 0.387 e. The summed E-state index contributed by atoms with van der Waals surface area (Å²) in [6.07, 6.45) is 7.29. The van der Waals surface area contributed by atoms with E-state index >= 15 is 4.39 Å². The highest BCUT2D eigenvalue weighted by atomic mass is 19.3. The summed E-state index contributed by atoms with van der Waals surface area (Å²) in [7, 11) is 0. The van der Waals surface area contributed by atoms with E-state index in [0.29, 0.717) is 23.5 Å². The topological polar surface area (TPSA) is 9.23 Å². The lowest BCUT2D eigenvalue weighted by molar-refractivity contribution is -0.0498. The van der Waals surface area contributed by atoms with Crippen LogP contribution >= 0.6 is 0 Å². The molecule has 0 aliphatic heterocycles. The molecule has 0 amide bonds. The second-order valence-corrected chi connectivity index (χ2v) is 8.39. The minimum atomic E-state index is -2.93. The van der Waals surface area contributed by atoms with Crippen molar-refractivity contribution in [1.29, 1.82) is 0 Å². The van der Waals surface area contributed by atoms with E-state index in [0.717, 1.165) is 37.2 Å². The Labute approximate surface area is 169 Å². The van der Waals surface area contributed by atoms with Gasteiger partial charge in [-0.25, -0.2) is 8.78 Å². The Morgan fingerprint density at radius 3 is 2.52 bits per heavy atom. The van der Waals surface area contributed by atoms with Crippen molar-refractivity contribution < 1.29 is 22.3 Å². The van der Waals surface area contributed by atoms with Crippen LogP contribution in [0.2, 0.25) is 0 Å². The van der Waals surface area contributed by atoms with E-state index < -0.39 is 18.2 Å². The number of hydrogen-bond acceptors (Lipinski definition) is 1. The summed E-state index contributed by atoms with van der Waals surface area (Å²) in [5.41, 5.74) is 1.72. The molecule has 2 aromatic carbocycles. The molecule has 3 unspecified atom stereocenters. The average Bonchev–Trinajstić information content (AvgIpc) is 2.69. The molecule has 2 aromatic rings. The van der Waals surface area contributed by atoms with Gasteiger partial charge in [-0.1, -0.05) is 31.9 Å². The largest absolute Gasteiger partial charge is 0.435 e. The van der Waals surface area contributed by atoms with Crippen LogP contribution in [-0.4, -0.2) is 6.61 Å². The summed E-state index contributed by atoms with van der Waals surface area (Å²) in [5, 5.41) is 0. The monoisotopic (exact) mass is 406 g/mol. The normalized spacial score (nSPS) is 23.6. The van der Waals surface area contributed by atoms with E-state index in [2.05, 4.69) is 11.7 Å². The molecule has 5 heteroatoms. The van der Waals surface area contributed by atoms with E-state index in [9.17, 15) is 13.2 Å². The van der Waals surface area contributed by atoms with Crippen LogP contribution in [0.1, 0.15) is 62.5 Å². The number of rotatable bonds is 5. The summed E-state index contributed by atoms with van der Waals surface area (Å²) in [4.78, 5) is 0. The van der Waals surface area contributed by atoms with Crippen LogP contribution < -0.4 is 4.74 Å². The summed E-state index contributed by atoms with van der Waals surface area (Å²) in [6, 6.07) is 6.99. The van der Waals surface area contributed by atoms with E-state index in [1.54, 1.807) is 0 Å². The van der Waals surface area contributed by atoms with Gasteiger partial charge in [-0.2, -0.15) is 8.78 Å². The first-order valence-corrected chi connectivity index (χ1v) is 10.5. The maximum Gasteiger partial charge on any atom is 0.387 e. The summed E-state index contributed by atoms with van der Waals surface area (Å²) in [6.45, 7) is -0.723. The minimum Gasteiger partial charge on any atom is -0.435 e. The Morgan fingerprint density at radius 1 is 1.07 bits per heavy atom. The molecular weight excluding hydrogens is 380 g/mol. The Hall–Kier alpha value is -2.04. The number of halogens is 4. The van der Waals surface area contributed by atoms with Crippen molar-refractivity contribution >= 4 is 0 Å². The van der Waals surface area contributed by atoms with Gasteiger partial charge in [-0.3, -0.25) is 0 Å². The van der Waals surface area contributed by atoms with Crippen molar-refractivity contribution in [2.45, 2.75) is 64.4 Å². The molecule has 0 aromatic heterocycles. The molecule has 4 rings (SSSR count). The molecule has 0 spiro atoms. The summed E-state index contributed by atoms with van der Waals surface area (Å²) < 4.78 is 59.3. The number of alkyl halides is 2. The number of ether oxygens (including phenoxy) is 1. The fourth-order valence-electron chi connectivity index (χ4n) is 5.42. The van der Waals surface area contributed by atoms with Crippen LogP contribution in [-0.2, 0) is 6.42 Å². The second kappa shape index (κ2) is 8.37. The van der Waals surface area contributed by atoms with Crippen molar-refractivity contribution in [2.75, 3.05) is 0 Å². The zero-order valence-electron chi connectivity index (χ0n) is 16.6. The van der Waals surface area contributed by atoms with Gasteiger partial charge >= 0.3 is 6.61 Å². The highest BCUT2D eigenvalue weighted by Crippen LogP contribution is 2.49. The molecule has 0 N–H and O–H groups in total. The quantitative estimate of drug-likeness (QED) is 0.468. The Balaban J connectivity index is 1.64. The van der Waals surface area contributed by atoms with Crippen LogP contribution in [0.25, 0.3) is 11.1 Å². The molecule has 2 aliphatic carbocycles. The van der Waals surface area contributed by atoms with Crippen molar-refractivity contribution in [2.24, 2.45) is 11.8 Å². The highest BCUT2D eigenvalue weighted by molar-refractivity contribution is 5.68. The van der Waals surface area contributed by atoms with Crippen LogP contribution in [0.15, 0.2) is 30.3 Å². The first kappa shape index (κ1) is 20.2. The van der Waals surface area contributed by atoms with Crippen molar-refractivity contribution in [1.82, 2.24) is 0 Å². The molecule has 2 aliphatic rings. The molecule has 29 heavy (non-hydrogen) atoms.